The minimum atomic E-state index is -0.0411. The van der Waals surface area contributed by atoms with Gasteiger partial charge in [0.25, 0.3) is 0 Å². The molecule has 1 saturated carbocycles. The van der Waals surface area contributed by atoms with E-state index >= 15 is 0 Å². The molecule has 0 bridgehead atoms. The third-order valence-electron chi connectivity index (χ3n) is 3.89. The summed E-state index contributed by atoms with van der Waals surface area (Å²) in [4.78, 5) is 11.8. The van der Waals surface area contributed by atoms with Gasteiger partial charge in [0.05, 0.1) is 6.61 Å². The lowest BCUT2D eigenvalue weighted by Gasteiger charge is -2.18. The van der Waals surface area contributed by atoms with Crippen LogP contribution in [0.1, 0.15) is 58.3 Å². The Morgan fingerprint density at radius 1 is 1.19 bits per heavy atom. The molecular weight excluding hydrogens is 200 g/mol. The highest BCUT2D eigenvalue weighted by Crippen LogP contribution is 2.40. The highest BCUT2D eigenvalue weighted by atomic mass is 16.5. The van der Waals surface area contributed by atoms with Gasteiger partial charge in [-0.05, 0) is 44.9 Å². The maximum Gasteiger partial charge on any atom is 0.333 e. The molecule has 1 unspecified atom stereocenters. The summed E-state index contributed by atoms with van der Waals surface area (Å²) in [6.45, 7) is 2.38. The molecule has 0 aromatic rings. The molecular formula is C14H22O2. The van der Waals surface area contributed by atoms with Gasteiger partial charge in [0.2, 0.25) is 0 Å². The van der Waals surface area contributed by atoms with Crippen LogP contribution >= 0.6 is 0 Å². The van der Waals surface area contributed by atoms with Crippen molar-refractivity contribution in [2.45, 2.75) is 58.3 Å². The van der Waals surface area contributed by atoms with E-state index in [2.05, 4.69) is 0 Å². The summed E-state index contributed by atoms with van der Waals surface area (Å²) in [5, 5.41) is 0. The standard InChI is InChI=1S/C14H22O2/c1-2-16-14(15)13-10-9-11-7-5-3-4-6-8-12(11)13/h11H,2-10H2,1H3. The van der Waals surface area contributed by atoms with Gasteiger partial charge in [0, 0.05) is 5.57 Å². The summed E-state index contributed by atoms with van der Waals surface area (Å²) >= 11 is 0. The van der Waals surface area contributed by atoms with E-state index in [9.17, 15) is 4.79 Å². The molecule has 16 heavy (non-hydrogen) atoms. The number of carbonyl (C=O) groups excluding carboxylic acids is 1. The Morgan fingerprint density at radius 3 is 2.81 bits per heavy atom. The largest absolute Gasteiger partial charge is 0.463 e. The van der Waals surface area contributed by atoms with Crippen LogP contribution in [0.15, 0.2) is 11.1 Å². The highest BCUT2D eigenvalue weighted by molar-refractivity contribution is 5.90. The second-order valence-electron chi connectivity index (χ2n) is 4.91. The lowest BCUT2D eigenvalue weighted by molar-refractivity contribution is -0.138. The fourth-order valence-corrected chi connectivity index (χ4v) is 3.08. The monoisotopic (exact) mass is 222 g/mol. The molecule has 2 rings (SSSR count). The molecule has 0 amide bonds. The average Bonchev–Trinajstić information content (AvgIpc) is 2.60. The van der Waals surface area contributed by atoms with Gasteiger partial charge in [0.1, 0.15) is 0 Å². The fraction of sp³-hybridized carbons (Fsp3) is 0.786. The van der Waals surface area contributed by atoms with Crippen molar-refractivity contribution in [3.05, 3.63) is 11.1 Å². The second-order valence-corrected chi connectivity index (χ2v) is 4.91. The number of carbonyl (C=O) groups is 1. The van der Waals surface area contributed by atoms with Crippen molar-refractivity contribution >= 4 is 5.97 Å². The lowest BCUT2D eigenvalue weighted by atomic mass is 9.87. The first-order valence-corrected chi connectivity index (χ1v) is 6.72. The Hall–Kier alpha value is -0.790. The van der Waals surface area contributed by atoms with Gasteiger partial charge in [-0.3, -0.25) is 0 Å². The van der Waals surface area contributed by atoms with Crippen molar-refractivity contribution in [2.75, 3.05) is 6.61 Å². The zero-order valence-electron chi connectivity index (χ0n) is 10.3. The van der Waals surface area contributed by atoms with E-state index in [1.807, 2.05) is 6.92 Å². The minimum absolute atomic E-state index is 0.0411. The number of rotatable bonds is 2. The van der Waals surface area contributed by atoms with E-state index in [4.69, 9.17) is 4.74 Å². The van der Waals surface area contributed by atoms with Crippen molar-refractivity contribution in [3.8, 4) is 0 Å². The first-order chi connectivity index (χ1) is 7.83. The predicted octanol–water partition coefficient (Wildman–Crippen LogP) is 3.61. The summed E-state index contributed by atoms with van der Waals surface area (Å²) in [6, 6.07) is 0. The molecule has 2 aliphatic rings. The van der Waals surface area contributed by atoms with E-state index in [1.165, 1.54) is 44.1 Å². The Balaban J connectivity index is 2.11. The summed E-state index contributed by atoms with van der Waals surface area (Å²) in [7, 11) is 0. The number of hydrogen-bond acceptors (Lipinski definition) is 2. The van der Waals surface area contributed by atoms with Gasteiger partial charge >= 0.3 is 5.97 Å². The van der Waals surface area contributed by atoms with E-state index in [-0.39, 0.29) is 5.97 Å². The quantitative estimate of drug-likeness (QED) is 0.667. The Labute approximate surface area is 98.1 Å². The first kappa shape index (κ1) is 11.7. The van der Waals surface area contributed by atoms with Gasteiger partial charge in [-0.15, -0.1) is 0 Å². The zero-order chi connectivity index (χ0) is 11.4. The van der Waals surface area contributed by atoms with Gasteiger partial charge in [-0.2, -0.15) is 0 Å². The summed E-state index contributed by atoms with van der Waals surface area (Å²) in [5.41, 5.74) is 2.46. The highest BCUT2D eigenvalue weighted by Gasteiger charge is 2.29. The molecule has 0 aromatic heterocycles. The van der Waals surface area contributed by atoms with Crippen LogP contribution < -0.4 is 0 Å². The van der Waals surface area contributed by atoms with Crippen LogP contribution in [0.4, 0.5) is 0 Å². The number of ether oxygens (including phenoxy) is 1. The Morgan fingerprint density at radius 2 is 2.00 bits per heavy atom. The summed E-state index contributed by atoms with van der Waals surface area (Å²) < 4.78 is 5.15. The van der Waals surface area contributed by atoms with Gasteiger partial charge in [-0.25, -0.2) is 4.79 Å². The topological polar surface area (TPSA) is 26.3 Å². The molecule has 90 valence electrons. The molecule has 2 nitrogen and oxygen atoms in total. The SMILES string of the molecule is CCOC(=O)C1=C2CCCCCCC2CC1. The number of hydrogen-bond donors (Lipinski definition) is 0. The van der Waals surface area contributed by atoms with Crippen LogP contribution in [0.3, 0.4) is 0 Å². The van der Waals surface area contributed by atoms with Crippen LogP contribution in [-0.2, 0) is 9.53 Å². The maximum absolute atomic E-state index is 11.8. The number of esters is 1. The number of allylic oxidation sites excluding steroid dienone is 1. The molecule has 2 heteroatoms. The van der Waals surface area contributed by atoms with Crippen LogP contribution in [-0.4, -0.2) is 12.6 Å². The van der Waals surface area contributed by atoms with Crippen molar-refractivity contribution in [1.29, 1.82) is 0 Å². The van der Waals surface area contributed by atoms with Crippen LogP contribution in [0, 0.1) is 5.92 Å². The summed E-state index contributed by atoms with van der Waals surface area (Å²) in [6.07, 6.45) is 9.86. The van der Waals surface area contributed by atoms with E-state index in [0.717, 1.165) is 18.4 Å². The molecule has 0 heterocycles. The second kappa shape index (κ2) is 5.51. The minimum Gasteiger partial charge on any atom is -0.463 e. The molecule has 0 aliphatic heterocycles. The molecule has 0 saturated heterocycles. The maximum atomic E-state index is 11.8. The van der Waals surface area contributed by atoms with Crippen molar-refractivity contribution in [2.24, 2.45) is 5.92 Å². The van der Waals surface area contributed by atoms with Crippen LogP contribution in [0.2, 0.25) is 0 Å². The predicted molar refractivity (Wildman–Crippen MR) is 64.1 cm³/mol. The molecule has 2 aliphatic carbocycles. The lowest BCUT2D eigenvalue weighted by Crippen LogP contribution is -2.09. The van der Waals surface area contributed by atoms with Gasteiger partial charge in [0.15, 0.2) is 0 Å². The van der Waals surface area contributed by atoms with Crippen molar-refractivity contribution in [3.63, 3.8) is 0 Å². The normalized spacial score (nSPS) is 25.9. The van der Waals surface area contributed by atoms with E-state index < -0.39 is 0 Å². The smallest absolute Gasteiger partial charge is 0.333 e. The molecule has 0 spiro atoms. The van der Waals surface area contributed by atoms with Crippen LogP contribution in [0.25, 0.3) is 0 Å². The van der Waals surface area contributed by atoms with Gasteiger partial charge in [-0.1, -0.05) is 24.8 Å². The van der Waals surface area contributed by atoms with Gasteiger partial charge < -0.3 is 4.74 Å². The Kier molecular flexibility index (Phi) is 4.03. The average molecular weight is 222 g/mol. The van der Waals surface area contributed by atoms with Crippen molar-refractivity contribution in [1.82, 2.24) is 0 Å². The summed E-state index contributed by atoms with van der Waals surface area (Å²) in [5.74, 6) is 0.653. The molecule has 1 fully saturated rings. The zero-order valence-corrected chi connectivity index (χ0v) is 10.3. The molecule has 1 atom stereocenters. The Bertz CT molecular complexity index is 291. The molecule has 0 radical (unpaired) electrons. The first-order valence-electron chi connectivity index (χ1n) is 6.72. The third kappa shape index (κ3) is 2.47. The molecule has 0 N–H and O–H groups in total. The number of fused-ring (bicyclic) bond motifs is 1. The third-order valence-corrected chi connectivity index (χ3v) is 3.89. The van der Waals surface area contributed by atoms with Crippen LogP contribution in [0.5, 0.6) is 0 Å². The van der Waals surface area contributed by atoms with E-state index in [1.54, 1.807) is 0 Å². The van der Waals surface area contributed by atoms with E-state index in [0.29, 0.717) is 12.5 Å². The molecule has 0 aromatic carbocycles. The fourth-order valence-electron chi connectivity index (χ4n) is 3.08. The van der Waals surface area contributed by atoms with Crippen molar-refractivity contribution < 1.29 is 9.53 Å².